The molecule has 17 heteroatoms. The van der Waals surface area contributed by atoms with Crippen LogP contribution in [0.3, 0.4) is 0 Å². The summed E-state index contributed by atoms with van der Waals surface area (Å²) < 4.78 is 13.5. The lowest BCUT2D eigenvalue weighted by molar-refractivity contribution is -0.124. The SMILES string of the molecule is CC(C)C(=O)Nc1nc2ncc(CN(C(=O)CF)c3ccc(C(=O)N[C@H](C=O)CCC(=O)N[C@@H](C=O)CS)cc3)nc2c(=O)[nH]1. The number of aldehydes is 2. The number of carbonyl (C=O) groups is 6. The maximum absolute atomic E-state index is 13.5. The Morgan fingerprint density at radius 1 is 1.04 bits per heavy atom. The lowest BCUT2D eigenvalue weighted by Gasteiger charge is -2.21. The van der Waals surface area contributed by atoms with Crippen LogP contribution < -0.4 is 26.4 Å². The first-order valence-corrected chi connectivity index (χ1v) is 14.3. The van der Waals surface area contributed by atoms with Crippen LogP contribution in [0.15, 0.2) is 35.3 Å². The fourth-order valence-electron chi connectivity index (χ4n) is 3.81. The van der Waals surface area contributed by atoms with Gasteiger partial charge < -0.3 is 25.1 Å². The number of halogens is 1. The highest BCUT2D eigenvalue weighted by molar-refractivity contribution is 7.80. The number of nitrogens with zero attached hydrogens (tertiary/aromatic N) is 4. The third-order valence-electron chi connectivity index (χ3n) is 6.28. The first-order valence-electron chi connectivity index (χ1n) is 13.6. The Balaban J connectivity index is 1.72. The molecule has 2 atom stereocenters. The topological polar surface area (TPSA) is 213 Å². The summed E-state index contributed by atoms with van der Waals surface area (Å²) in [6, 6.07) is 3.72. The van der Waals surface area contributed by atoms with E-state index in [1.165, 1.54) is 30.5 Å². The number of thiol groups is 1. The molecule has 0 aliphatic carbocycles. The van der Waals surface area contributed by atoms with E-state index in [4.69, 9.17) is 0 Å². The van der Waals surface area contributed by atoms with Gasteiger partial charge in [-0.1, -0.05) is 13.8 Å². The average Bonchev–Trinajstić information content (AvgIpc) is 3.04. The van der Waals surface area contributed by atoms with Gasteiger partial charge in [0.1, 0.15) is 12.6 Å². The van der Waals surface area contributed by atoms with Gasteiger partial charge in [0.2, 0.25) is 17.8 Å². The van der Waals surface area contributed by atoms with Gasteiger partial charge in [0.15, 0.2) is 17.8 Å². The predicted octanol–water partition coefficient (Wildman–Crippen LogP) is 0.501. The van der Waals surface area contributed by atoms with Gasteiger partial charge in [0, 0.05) is 29.3 Å². The van der Waals surface area contributed by atoms with Crippen molar-refractivity contribution in [3.05, 3.63) is 52.1 Å². The Morgan fingerprint density at radius 2 is 1.73 bits per heavy atom. The van der Waals surface area contributed by atoms with E-state index in [1.807, 2.05) is 0 Å². The van der Waals surface area contributed by atoms with Gasteiger partial charge in [-0.3, -0.25) is 34.3 Å². The van der Waals surface area contributed by atoms with E-state index in [9.17, 15) is 38.0 Å². The molecule has 15 nitrogen and oxygen atoms in total. The van der Waals surface area contributed by atoms with Crippen molar-refractivity contribution in [1.82, 2.24) is 30.6 Å². The van der Waals surface area contributed by atoms with Crippen LogP contribution in [0.2, 0.25) is 0 Å². The van der Waals surface area contributed by atoms with Gasteiger partial charge in [-0.25, -0.2) is 14.4 Å². The van der Waals surface area contributed by atoms with Gasteiger partial charge in [-0.05, 0) is 30.7 Å². The first-order chi connectivity index (χ1) is 21.5. The second kappa shape index (κ2) is 16.1. The quantitative estimate of drug-likeness (QED) is 0.114. The van der Waals surface area contributed by atoms with E-state index in [-0.39, 0.29) is 71.0 Å². The summed E-state index contributed by atoms with van der Waals surface area (Å²) in [6.45, 7) is 1.71. The second-order valence-electron chi connectivity index (χ2n) is 10.00. The maximum Gasteiger partial charge on any atom is 0.280 e. The molecule has 0 bridgehead atoms. The van der Waals surface area contributed by atoms with E-state index < -0.39 is 42.0 Å². The zero-order chi connectivity index (χ0) is 33.1. The van der Waals surface area contributed by atoms with E-state index in [1.54, 1.807) is 13.8 Å². The molecule has 1 aromatic carbocycles. The maximum atomic E-state index is 13.5. The average molecular weight is 643 g/mol. The van der Waals surface area contributed by atoms with Crippen molar-refractivity contribution in [2.24, 2.45) is 5.92 Å². The molecule has 0 aliphatic heterocycles. The number of H-pyrrole nitrogens is 1. The largest absolute Gasteiger partial charge is 0.346 e. The van der Waals surface area contributed by atoms with Crippen LogP contribution in [-0.2, 0) is 30.5 Å². The highest BCUT2D eigenvalue weighted by Crippen LogP contribution is 2.19. The number of hydrogen-bond acceptors (Lipinski definition) is 11. The summed E-state index contributed by atoms with van der Waals surface area (Å²) in [5.41, 5.74) is -0.470. The van der Waals surface area contributed by atoms with E-state index >= 15 is 0 Å². The van der Waals surface area contributed by atoms with Crippen LogP contribution in [0.1, 0.15) is 42.7 Å². The molecule has 0 saturated carbocycles. The Kier molecular flexibility index (Phi) is 12.3. The molecule has 0 spiro atoms. The van der Waals surface area contributed by atoms with Crippen LogP contribution >= 0.6 is 12.6 Å². The Hall–Kier alpha value is -5.06. The summed E-state index contributed by atoms with van der Waals surface area (Å²) in [6.07, 6.45) is 2.12. The van der Waals surface area contributed by atoms with Gasteiger partial charge in [-0.15, -0.1) is 0 Å². The molecule has 238 valence electrons. The number of anilines is 2. The minimum absolute atomic E-state index is 0.0187. The molecule has 3 aromatic rings. The standard InChI is InChI=1S/C28H31FN8O7S/c1-15(2)25(42)35-28-34-24-23(27(44)36-28)32-18(10-30-24)11-37(22(41)9-29)20-6-3-16(4-7-20)26(43)33-17(12-38)5-8-21(40)31-19(13-39)14-45/h3-4,6-7,10,12-13,15,17,19,45H,5,8-9,11,14H2,1-2H3,(H,31,40)(H,33,43)(H2,30,34,35,36,42,44)/t17-,19-/m0/s1. The van der Waals surface area contributed by atoms with Crippen LogP contribution in [0, 0.1) is 5.92 Å². The minimum atomic E-state index is -1.35. The van der Waals surface area contributed by atoms with Crippen molar-refractivity contribution in [1.29, 1.82) is 0 Å². The molecule has 0 aliphatic rings. The van der Waals surface area contributed by atoms with Crippen molar-refractivity contribution < 1.29 is 33.2 Å². The van der Waals surface area contributed by atoms with Crippen molar-refractivity contribution in [3.63, 3.8) is 0 Å². The van der Waals surface area contributed by atoms with E-state index in [0.717, 1.165) is 4.90 Å². The molecule has 0 unspecified atom stereocenters. The number of carbonyl (C=O) groups excluding carboxylic acids is 6. The fourth-order valence-corrected chi connectivity index (χ4v) is 3.99. The molecule has 4 N–H and O–H groups in total. The Labute approximate surface area is 261 Å². The molecule has 0 fully saturated rings. The van der Waals surface area contributed by atoms with Crippen LogP contribution in [0.5, 0.6) is 0 Å². The number of amides is 4. The summed E-state index contributed by atoms with van der Waals surface area (Å²) in [5, 5.41) is 7.40. The summed E-state index contributed by atoms with van der Waals surface area (Å²) in [5.74, 6) is -2.77. The molecule has 3 rings (SSSR count). The summed E-state index contributed by atoms with van der Waals surface area (Å²) in [7, 11) is 0. The molecule has 4 amide bonds. The molecular weight excluding hydrogens is 611 g/mol. The van der Waals surface area contributed by atoms with Crippen molar-refractivity contribution in [2.75, 3.05) is 22.6 Å². The summed E-state index contributed by atoms with van der Waals surface area (Å²) in [4.78, 5) is 99.9. The van der Waals surface area contributed by atoms with Crippen molar-refractivity contribution in [2.45, 2.75) is 45.3 Å². The zero-order valence-electron chi connectivity index (χ0n) is 24.3. The highest BCUT2D eigenvalue weighted by Gasteiger charge is 2.20. The number of hydrogen-bond donors (Lipinski definition) is 5. The number of aromatic amines is 1. The van der Waals surface area contributed by atoms with Crippen molar-refractivity contribution in [3.8, 4) is 0 Å². The lowest BCUT2D eigenvalue weighted by atomic mass is 10.1. The van der Waals surface area contributed by atoms with Gasteiger partial charge >= 0.3 is 0 Å². The summed E-state index contributed by atoms with van der Waals surface area (Å²) >= 11 is 3.95. The zero-order valence-corrected chi connectivity index (χ0v) is 25.2. The molecule has 45 heavy (non-hydrogen) atoms. The monoisotopic (exact) mass is 642 g/mol. The number of alkyl halides is 1. The molecule has 2 aromatic heterocycles. The second-order valence-corrected chi connectivity index (χ2v) is 10.4. The molecule has 0 radical (unpaired) electrons. The normalized spacial score (nSPS) is 12.2. The Morgan fingerprint density at radius 3 is 2.33 bits per heavy atom. The fraction of sp³-hybridized carbons (Fsp3) is 0.357. The van der Waals surface area contributed by atoms with Crippen LogP contribution in [0.4, 0.5) is 16.0 Å². The van der Waals surface area contributed by atoms with E-state index in [2.05, 4.69) is 48.5 Å². The van der Waals surface area contributed by atoms with Gasteiger partial charge in [-0.2, -0.15) is 17.6 Å². The number of nitrogens with one attached hydrogen (secondary N) is 4. The third-order valence-corrected chi connectivity index (χ3v) is 6.67. The van der Waals surface area contributed by atoms with Crippen LogP contribution in [-0.4, -0.2) is 80.6 Å². The Bertz CT molecular complexity index is 1630. The van der Waals surface area contributed by atoms with E-state index in [0.29, 0.717) is 12.6 Å². The number of benzene rings is 1. The molecular formula is C28H31FN8O7S. The lowest BCUT2D eigenvalue weighted by Crippen LogP contribution is -2.40. The number of fused-ring (bicyclic) bond motifs is 1. The van der Waals surface area contributed by atoms with Gasteiger partial charge in [0.25, 0.3) is 17.4 Å². The number of aromatic nitrogens is 4. The first kappa shape index (κ1) is 34.4. The minimum Gasteiger partial charge on any atom is -0.346 e. The van der Waals surface area contributed by atoms with Crippen LogP contribution in [0.25, 0.3) is 11.2 Å². The van der Waals surface area contributed by atoms with Gasteiger partial charge in [0.05, 0.1) is 30.5 Å². The van der Waals surface area contributed by atoms with Crippen molar-refractivity contribution >= 4 is 71.6 Å². The smallest absolute Gasteiger partial charge is 0.280 e. The molecule has 0 saturated heterocycles. The predicted molar refractivity (Wildman–Crippen MR) is 163 cm³/mol. The highest BCUT2D eigenvalue weighted by atomic mass is 32.1. The third kappa shape index (κ3) is 9.46. The molecule has 2 heterocycles. The number of rotatable bonds is 15.